The van der Waals surface area contributed by atoms with E-state index in [2.05, 4.69) is 24.0 Å². The molecule has 2 atom stereocenters. The Morgan fingerprint density at radius 1 is 0.925 bits per heavy atom. The van der Waals surface area contributed by atoms with Crippen molar-refractivity contribution < 1.29 is 25.6 Å². The first-order valence-corrected chi connectivity index (χ1v) is 15.9. The number of sulfonamides is 2. The highest BCUT2D eigenvalue weighted by Gasteiger charge is 2.64. The Morgan fingerprint density at radius 3 is 2.05 bits per heavy atom. The first-order chi connectivity index (χ1) is 18.7. The van der Waals surface area contributed by atoms with Crippen molar-refractivity contribution in [1.82, 2.24) is 18.8 Å². The van der Waals surface area contributed by atoms with E-state index >= 15 is 0 Å². The van der Waals surface area contributed by atoms with Crippen molar-refractivity contribution >= 4 is 20.0 Å². The van der Waals surface area contributed by atoms with Gasteiger partial charge in [0.2, 0.25) is 20.0 Å². The van der Waals surface area contributed by atoms with E-state index in [1.807, 2.05) is 0 Å². The van der Waals surface area contributed by atoms with Crippen molar-refractivity contribution in [3.8, 4) is 11.3 Å². The van der Waals surface area contributed by atoms with E-state index < -0.39 is 42.5 Å². The molecule has 2 aromatic carbocycles. The van der Waals surface area contributed by atoms with Gasteiger partial charge in [-0.05, 0) is 72.2 Å². The zero-order chi connectivity index (χ0) is 29.3. The molecule has 2 aliphatic carbocycles. The normalized spacial score (nSPS) is 21.8. The molecule has 0 N–H and O–H groups in total. The lowest BCUT2D eigenvalue weighted by Crippen LogP contribution is -2.48. The zero-order valence-corrected chi connectivity index (χ0v) is 24.7. The molecule has 2 aliphatic rings. The maximum atomic E-state index is 14.5. The molecule has 2 bridgehead atoms. The van der Waals surface area contributed by atoms with Crippen LogP contribution in [0.25, 0.3) is 11.3 Å². The molecular formula is C28H32F2N4O4S2. The molecule has 8 nitrogen and oxygen atoms in total. The highest BCUT2D eigenvalue weighted by Crippen LogP contribution is 2.67. The molecule has 1 fully saturated rings. The summed E-state index contributed by atoms with van der Waals surface area (Å²) in [6, 6.07) is 10.6. The Hall–Kier alpha value is -2.80. The van der Waals surface area contributed by atoms with Gasteiger partial charge >= 0.3 is 0 Å². The van der Waals surface area contributed by atoms with Crippen LogP contribution in [-0.4, -0.2) is 62.8 Å². The van der Waals surface area contributed by atoms with Crippen molar-refractivity contribution in [2.24, 2.45) is 5.41 Å². The number of aromatic nitrogens is 2. The minimum absolute atomic E-state index is 0.0000475. The van der Waals surface area contributed by atoms with Gasteiger partial charge in [0.05, 0.1) is 26.7 Å². The second-order valence-corrected chi connectivity index (χ2v) is 15.3. The van der Waals surface area contributed by atoms with Crippen molar-refractivity contribution in [3.05, 3.63) is 71.4 Å². The Kier molecular flexibility index (Phi) is 6.92. The number of hydrogen-bond acceptors (Lipinski definition) is 6. The second kappa shape index (κ2) is 9.64. The van der Waals surface area contributed by atoms with Gasteiger partial charge in [-0.15, -0.1) is 0 Å². The van der Waals surface area contributed by atoms with E-state index in [9.17, 15) is 25.6 Å². The first-order valence-electron chi connectivity index (χ1n) is 13.0. The largest absolute Gasteiger partial charge is 0.243 e. The van der Waals surface area contributed by atoms with Gasteiger partial charge in [-0.1, -0.05) is 26.8 Å². The van der Waals surface area contributed by atoms with Crippen LogP contribution < -0.4 is 0 Å². The molecule has 0 unspecified atom stereocenters. The van der Waals surface area contributed by atoms with Crippen molar-refractivity contribution in [2.45, 2.75) is 54.7 Å². The van der Waals surface area contributed by atoms with Gasteiger partial charge in [-0.3, -0.25) is 0 Å². The Morgan fingerprint density at radius 2 is 1.50 bits per heavy atom. The van der Waals surface area contributed by atoms with Crippen LogP contribution in [0.4, 0.5) is 8.78 Å². The topological polar surface area (TPSA) is 101 Å². The summed E-state index contributed by atoms with van der Waals surface area (Å²) >= 11 is 0. The number of fused-ring (bicyclic) bond motifs is 5. The van der Waals surface area contributed by atoms with Crippen molar-refractivity contribution in [2.75, 3.05) is 27.2 Å². The average molecular weight is 591 g/mol. The summed E-state index contributed by atoms with van der Waals surface area (Å²) in [5.74, 6) is -1.43. The number of rotatable bonds is 8. The summed E-state index contributed by atoms with van der Waals surface area (Å²) in [4.78, 5) is -0.00885. The fraction of sp³-hybridized carbons (Fsp3) is 0.429. The minimum Gasteiger partial charge on any atom is -0.207 e. The van der Waals surface area contributed by atoms with Gasteiger partial charge in [0, 0.05) is 32.6 Å². The molecule has 1 saturated carbocycles. The Labute approximate surface area is 234 Å². The summed E-state index contributed by atoms with van der Waals surface area (Å²) in [5.41, 5.74) is 0.323. The van der Waals surface area contributed by atoms with Crippen LogP contribution in [0.15, 0.2) is 58.3 Å². The number of nitrogens with zero attached hydrogens (tertiary/aromatic N) is 4. The summed E-state index contributed by atoms with van der Waals surface area (Å²) in [6.45, 7) is 6.24. The van der Waals surface area contributed by atoms with Gasteiger partial charge in [0.1, 0.15) is 11.6 Å². The fourth-order valence-corrected chi connectivity index (χ4v) is 8.86. The minimum atomic E-state index is -3.99. The lowest BCUT2D eigenvalue weighted by molar-refractivity contribution is 0.169. The third-order valence-electron chi connectivity index (χ3n) is 8.87. The van der Waals surface area contributed by atoms with Gasteiger partial charge in [0.15, 0.2) is 0 Å². The lowest BCUT2D eigenvalue weighted by atomic mass is 9.68. The quantitative estimate of drug-likeness (QED) is 0.382. The fourth-order valence-electron chi connectivity index (χ4n) is 6.45. The lowest BCUT2D eigenvalue weighted by Gasteiger charge is -2.41. The van der Waals surface area contributed by atoms with Crippen LogP contribution in [0.2, 0.25) is 0 Å². The van der Waals surface area contributed by atoms with Gasteiger partial charge < -0.3 is 0 Å². The van der Waals surface area contributed by atoms with E-state index in [1.54, 1.807) is 13.0 Å². The number of hydrogen-bond donors (Lipinski definition) is 0. The Balaban J connectivity index is 1.53. The van der Waals surface area contributed by atoms with Gasteiger partial charge in [-0.25, -0.2) is 29.9 Å². The zero-order valence-electron chi connectivity index (χ0n) is 23.0. The van der Waals surface area contributed by atoms with E-state index in [-0.39, 0.29) is 40.1 Å². The molecule has 0 aliphatic heterocycles. The summed E-state index contributed by atoms with van der Waals surface area (Å²) in [5, 5.41) is 8.70. The van der Waals surface area contributed by atoms with Crippen LogP contribution in [0.3, 0.4) is 0 Å². The molecule has 5 rings (SSSR count). The van der Waals surface area contributed by atoms with Gasteiger partial charge in [0.25, 0.3) is 0 Å². The highest BCUT2D eigenvalue weighted by atomic mass is 32.2. The smallest absolute Gasteiger partial charge is 0.207 e. The Bertz CT molecular complexity index is 1670. The van der Waals surface area contributed by atoms with Crippen molar-refractivity contribution in [1.29, 1.82) is 0 Å². The second-order valence-electron chi connectivity index (χ2n) is 11.2. The van der Waals surface area contributed by atoms with Crippen LogP contribution in [-0.2, 0) is 25.5 Å². The predicted molar refractivity (Wildman–Crippen MR) is 147 cm³/mol. The third-order valence-corrected chi connectivity index (χ3v) is 12.6. The maximum Gasteiger partial charge on any atom is 0.243 e. The standard InChI is InChI=1S/C28H32F2N4O4S2/c1-6-34(40(37,38)19-12-10-18(11-13-19)39(35,36)33(4)5)17-28-15-14-21(27(28,2)3)20-16-24(31-32-26(20)28)25-22(29)8-7-9-23(25)30/h7-13,16,21H,6,14-15,17H2,1-5H3/t21-,28-/m0/s1. The molecule has 0 amide bonds. The molecule has 1 aromatic heterocycles. The van der Waals surface area contributed by atoms with Crippen LogP contribution in [0, 0.1) is 17.0 Å². The summed E-state index contributed by atoms with van der Waals surface area (Å²) in [6.07, 6.45) is 1.46. The molecule has 1 heterocycles. The van der Waals surface area contributed by atoms with Crippen LogP contribution in [0.1, 0.15) is 50.8 Å². The van der Waals surface area contributed by atoms with Crippen LogP contribution in [0.5, 0.6) is 0 Å². The van der Waals surface area contributed by atoms with Crippen LogP contribution >= 0.6 is 0 Å². The predicted octanol–water partition coefficient (Wildman–Crippen LogP) is 4.54. The maximum absolute atomic E-state index is 14.5. The molecule has 0 radical (unpaired) electrons. The number of benzene rings is 2. The van der Waals surface area contributed by atoms with E-state index in [0.717, 1.165) is 16.3 Å². The molecule has 0 spiro atoms. The van der Waals surface area contributed by atoms with Gasteiger partial charge in [-0.2, -0.15) is 14.5 Å². The van der Waals surface area contributed by atoms with E-state index in [4.69, 9.17) is 0 Å². The number of likely N-dealkylation sites (N-methyl/N-ethyl adjacent to an activating group) is 1. The summed E-state index contributed by atoms with van der Waals surface area (Å²) < 4.78 is 84.0. The monoisotopic (exact) mass is 590 g/mol. The molecule has 214 valence electrons. The SMILES string of the molecule is CCN(C[C@@]12CC[C@@H](c3cc(-c4c(F)cccc4F)nnc31)C2(C)C)S(=O)(=O)c1ccc(S(=O)(=O)N(C)C)cc1. The molecule has 12 heteroatoms. The van der Waals surface area contributed by atoms with E-state index in [1.165, 1.54) is 60.9 Å². The third kappa shape index (κ3) is 4.10. The molecular weight excluding hydrogens is 558 g/mol. The average Bonchev–Trinajstić information content (AvgIpc) is 3.26. The molecule has 3 aromatic rings. The number of halogens is 2. The molecule has 40 heavy (non-hydrogen) atoms. The highest BCUT2D eigenvalue weighted by molar-refractivity contribution is 7.89. The molecule has 0 saturated heterocycles. The summed E-state index contributed by atoms with van der Waals surface area (Å²) in [7, 11) is -4.88. The van der Waals surface area contributed by atoms with Crippen molar-refractivity contribution in [3.63, 3.8) is 0 Å². The first kappa shape index (κ1) is 28.7. The van der Waals surface area contributed by atoms with E-state index in [0.29, 0.717) is 12.1 Å².